The zero-order valence-corrected chi connectivity index (χ0v) is 13.3. The summed E-state index contributed by atoms with van der Waals surface area (Å²) in [5, 5.41) is 0. The number of benzene rings is 1. The van der Waals surface area contributed by atoms with Crippen LogP contribution in [0, 0.1) is 0 Å². The van der Waals surface area contributed by atoms with E-state index in [0.29, 0.717) is 6.10 Å². The average molecular weight is 326 g/mol. The van der Waals surface area contributed by atoms with Gasteiger partial charge >= 0.3 is 0 Å². The molecule has 1 fully saturated rings. The van der Waals surface area contributed by atoms with Crippen LogP contribution in [-0.2, 0) is 6.42 Å². The van der Waals surface area contributed by atoms with Gasteiger partial charge in [0.15, 0.2) is 0 Å². The third-order valence-electron chi connectivity index (χ3n) is 3.87. The average Bonchev–Trinajstić information content (AvgIpc) is 2.43. The van der Waals surface area contributed by atoms with Gasteiger partial charge in [0.2, 0.25) is 0 Å². The Morgan fingerprint density at radius 3 is 2.74 bits per heavy atom. The Hall–Kier alpha value is -0.540. The minimum absolute atomic E-state index is 0.211. The summed E-state index contributed by atoms with van der Waals surface area (Å²) in [6, 6.07) is 6.49. The highest BCUT2D eigenvalue weighted by Crippen LogP contribution is 2.29. The molecule has 2 N–H and O–H groups in total. The normalized spacial score (nSPS) is 18.3. The smallest absolute Gasteiger partial charge is 0.123 e. The van der Waals surface area contributed by atoms with Crippen molar-refractivity contribution in [2.45, 2.75) is 64.0 Å². The molecule has 1 aliphatic rings. The molecule has 1 atom stereocenters. The minimum Gasteiger partial charge on any atom is -0.490 e. The van der Waals surface area contributed by atoms with Gasteiger partial charge in [-0.25, -0.2) is 0 Å². The van der Waals surface area contributed by atoms with Gasteiger partial charge in [0.25, 0.3) is 0 Å². The van der Waals surface area contributed by atoms with Crippen molar-refractivity contribution in [3.8, 4) is 5.75 Å². The number of halogens is 1. The van der Waals surface area contributed by atoms with Crippen LogP contribution < -0.4 is 10.5 Å². The van der Waals surface area contributed by atoms with Crippen molar-refractivity contribution >= 4 is 15.9 Å². The third-order valence-corrected chi connectivity index (χ3v) is 4.37. The second-order valence-electron chi connectivity index (χ2n) is 5.50. The topological polar surface area (TPSA) is 35.2 Å². The number of nitrogens with two attached hydrogens (primary N) is 1. The van der Waals surface area contributed by atoms with Crippen LogP contribution in [0.5, 0.6) is 5.75 Å². The van der Waals surface area contributed by atoms with Crippen LogP contribution in [0.1, 0.15) is 51.0 Å². The fourth-order valence-electron chi connectivity index (χ4n) is 2.61. The summed E-state index contributed by atoms with van der Waals surface area (Å²) in [4.78, 5) is 0. The molecule has 1 unspecified atom stereocenters. The largest absolute Gasteiger partial charge is 0.490 e. The SMILES string of the molecule is CCC(N)Cc1cc(Br)ccc1OC1CCCCC1. The summed E-state index contributed by atoms with van der Waals surface area (Å²) < 4.78 is 7.31. The van der Waals surface area contributed by atoms with E-state index in [1.54, 1.807) is 0 Å². The molecule has 1 aromatic carbocycles. The molecular formula is C16H24BrNO. The first-order valence-corrected chi connectivity index (χ1v) is 8.19. The summed E-state index contributed by atoms with van der Waals surface area (Å²) in [5.41, 5.74) is 7.32. The number of hydrogen-bond donors (Lipinski definition) is 1. The third kappa shape index (κ3) is 4.50. The van der Waals surface area contributed by atoms with Crippen LogP contribution in [0.2, 0.25) is 0 Å². The zero-order valence-electron chi connectivity index (χ0n) is 11.7. The molecule has 0 spiro atoms. The van der Waals surface area contributed by atoms with Crippen LogP contribution >= 0.6 is 15.9 Å². The van der Waals surface area contributed by atoms with Gasteiger partial charge in [0.1, 0.15) is 5.75 Å². The summed E-state index contributed by atoms with van der Waals surface area (Å²) >= 11 is 3.54. The molecule has 0 amide bonds. The maximum Gasteiger partial charge on any atom is 0.123 e. The minimum atomic E-state index is 0.211. The Labute approximate surface area is 124 Å². The molecule has 106 valence electrons. The van der Waals surface area contributed by atoms with Crippen molar-refractivity contribution in [3.63, 3.8) is 0 Å². The molecule has 0 aromatic heterocycles. The first kappa shape index (κ1) is 14.9. The highest BCUT2D eigenvalue weighted by Gasteiger charge is 2.17. The Morgan fingerprint density at radius 2 is 2.05 bits per heavy atom. The van der Waals surface area contributed by atoms with E-state index in [1.807, 2.05) is 0 Å². The van der Waals surface area contributed by atoms with Crippen LogP contribution in [0.15, 0.2) is 22.7 Å². The molecule has 2 nitrogen and oxygen atoms in total. The van der Waals surface area contributed by atoms with Crippen molar-refractivity contribution in [1.29, 1.82) is 0 Å². The molecule has 1 aromatic rings. The van der Waals surface area contributed by atoms with Crippen molar-refractivity contribution in [3.05, 3.63) is 28.2 Å². The Bertz CT molecular complexity index is 402. The molecular weight excluding hydrogens is 302 g/mol. The molecule has 0 heterocycles. The monoisotopic (exact) mass is 325 g/mol. The number of rotatable bonds is 5. The fraction of sp³-hybridized carbons (Fsp3) is 0.625. The van der Waals surface area contributed by atoms with Crippen LogP contribution in [0.3, 0.4) is 0 Å². The molecule has 0 bridgehead atoms. The Morgan fingerprint density at radius 1 is 1.32 bits per heavy atom. The van der Waals surface area contributed by atoms with E-state index in [4.69, 9.17) is 10.5 Å². The Balaban J connectivity index is 2.09. The first-order valence-electron chi connectivity index (χ1n) is 7.39. The summed E-state index contributed by atoms with van der Waals surface area (Å²) in [5.74, 6) is 1.03. The van der Waals surface area contributed by atoms with Crippen molar-refractivity contribution < 1.29 is 4.74 Å². The van der Waals surface area contributed by atoms with Gasteiger partial charge in [-0.15, -0.1) is 0 Å². The van der Waals surface area contributed by atoms with E-state index < -0.39 is 0 Å². The molecule has 1 aliphatic carbocycles. The van der Waals surface area contributed by atoms with Gasteiger partial charge in [-0.1, -0.05) is 29.3 Å². The molecule has 19 heavy (non-hydrogen) atoms. The van der Waals surface area contributed by atoms with Crippen LogP contribution in [0.4, 0.5) is 0 Å². The molecule has 0 aliphatic heterocycles. The maximum atomic E-state index is 6.21. The van der Waals surface area contributed by atoms with E-state index in [9.17, 15) is 0 Å². The second-order valence-corrected chi connectivity index (χ2v) is 6.42. The van der Waals surface area contributed by atoms with Crippen LogP contribution in [0.25, 0.3) is 0 Å². The molecule has 1 saturated carbocycles. The lowest BCUT2D eigenvalue weighted by Crippen LogP contribution is -2.24. The standard InChI is InChI=1S/C16H24BrNO/c1-2-14(18)11-12-10-13(17)8-9-16(12)19-15-6-4-3-5-7-15/h8-10,14-15H,2-7,11,18H2,1H3. The van der Waals surface area contributed by atoms with Crippen molar-refractivity contribution in [1.82, 2.24) is 0 Å². The van der Waals surface area contributed by atoms with Gasteiger partial charge in [0.05, 0.1) is 6.10 Å². The van der Waals surface area contributed by atoms with Crippen molar-refractivity contribution in [2.75, 3.05) is 0 Å². The van der Waals surface area contributed by atoms with Gasteiger partial charge in [0, 0.05) is 10.5 Å². The van der Waals surface area contributed by atoms with E-state index in [0.717, 1.165) is 23.1 Å². The predicted molar refractivity (Wildman–Crippen MR) is 83.6 cm³/mol. The lowest BCUT2D eigenvalue weighted by molar-refractivity contribution is 0.153. The predicted octanol–water partition coefficient (Wildman–Crippen LogP) is 4.44. The highest BCUT2D eigenvalue weighted by molar-refractivity contribution is 9.10. The quantitative estimate of drug-likeness (QED) is 0.868. The molecule has 0 saturated heterocycles. The van der Waals surface area contributed by atoms with Gasteiger partial charge < -0.3 is 10.5 Å². The summed E-state index contributed by atoms with van der Waals surface area (Å²) in [7, 11) is 0. The van der Waals surface area contributed by atoms with E-state index >= 15 is 0 Å². The van der Waals surface area contributed by atoms with Gasteiger partial charge in [-0.3, -0.25) is 0 Å². The van der Waals surface area contributed by atoms with Gasteiger partial charge in [-0.05, 0) is 62.3 Å². The van der Waals surface area contributed by atoms with Crippen molar-refractivity contribution in [2.24, 2.45) is 5.73 Å². The van der Waals surface area contributed by atoms with E-state index in [1.165, 1.54) is 37.7 Å². The maximum absolute atomic E-state index is 6.21. The van der Waals surface area contributed by atoms with E-state index in [-0.39, 0.29) is 6.04 Å². The first-order chi connectivity index (χ1) is 9.19. The van der Waals surface area contributed by atoms with E-state index in [2.05, 4.69) is 41.1 Å². The molecule has 2 rings (SSSR count). The zero-order chi connectivity index (χ0) is 13.7. The fourth-order valence-corrected chi connectivity index (χ4v) is 3.02. The van der Waals surface area contributed by atoms with Crippen LogP contribution in [-0.4, -0.2) is 12.1 Å². The lowest BCUT2D eigenvalue weighted by atomic mass is 9.97. The summed E-state index contributed by atoms with van der Waals surface area (Å²) in [6.07, 6.45) is 8.61. The number of ether oxygens (including phenoxy) is 1. The molecule has 0 radical (unpaired) electrons. The summed E-state index contributed by atoms with van der Waals surface area (Å²) in [6.45, 7) is 2.13. The lowest BCUT2D eigenvalue weighted by Gasteiger charge is -2.25. The Kier molecular flexibility index (Phi) is 5.71. The second kappa shape index (κ2) is 7.30. The highest BCUT2D eigenvalue weighted by atomic mass is 79.9. The van der Waals surface area contributed by atoms with Gasteiger partial charge in [-0.2, -0.15) is 0 Å². The molecule has 3 heteroatoms. The number of hydrogen-bond acceptors (Lipinski definition) is 2.